The normalized spacial score (nSPS) is 19.6. The smallest absolute Gasteiger partial charge is 0.352 e. The SMILES string of the molecule is CC(c1c[nH]c(C(=O)O)c1)N1CCOCC1. The Hall–Kier alpha value is -1.33. The van der Waals surface area contributed by atoms with Crippen molar-refractivity contribution in [3.8, 4) is 0 Å². The fourth-order valence-electron chi connectivity index (χ4n) is 1.95. The van der Waals surface area contributed by atoms with Gasteiger partial charge in [0, 0.05) is 25.3 Å². The van der Waals surface area contributed by atoms with Crippen LogP contribution >= 0.6 is 0 Å². The molecule has 5 heteroatoms. The molecule has 5 nitrogen and oxygen atoms in total. The molecule has 0 spiro atoms. The molecule has 0 bridgehead atoms. The maximum absolute atomic E-state index is 10.7. The van der Waals surface area contributed by atoms with Crippen LogP contribution < -0.4 is 0 Å². The monoisotopic (exact) mass is 224 g/mol. The number of nitrogens with one attached hydrogen (secondary N) is 1. The zero-order chi connectivity index (χ0) is 11.5. The molecule has 2 rings (SSSR count). The van der Waals surface area contributed by atoms with Crippen LogP contribution in [0.25, 0.3) is 0 Å². The van der Waals surface area contributed by atoms with E-state index in [0.717, 1.165) is 31.9 Å². The summed E-state index contributed by atoms with van der Waals surface area (Å²) in [5, 5.41) is 8.83. The Kier molecular flexibility index (Phi) is 3.26. The molecule has 16 heavy (non-hydrogen) atoms. The summed E-state index contributed by atoms with van der Waals surface area (Å²) >= 11 is 0. The van der Waals surface area contributed by atoms with Crippen molar-refractivity contribution in [2.75, 3.05) is 26.3 Å². The number of carboxylic acids is 1. The highest BCUT2D eigenvalue weighted by Crippen LogP contribution is 2.21. The minimum absolute atomic E-state index is 0.230. The fraction of sp³-hybridized carbons (Fsp3) is 0.545. The average Bonchev–Trinajstić information content (AvgIpc) is 2.78. The first-order chi connectivity index (χ1) is 7.68. The van der Waals surface area contributed by atoms with Gasteiger partial charge in [0.15, 0.2) is 0 Å². The van der Waals surface area contributed by atoms with Gasteiger partial charge < -0.3 is 14.8 Å². The van der Waals surface area contributed by atoms with E-state index in [1.54, 1.807) is 12.3 Å². The second-order valence-corrected chi connectivity index (χ2v) is 3.98. The second-order valence-electron chi connectivity index (χ2n) is 3.98. The van der Waals surface area contributed by atoms with Gasteiger partial charge in [-0.05, 0) is 18.6 Å². The molecule has 0 aliphatic carbocycles. The van der Waals surface area contributed by atoms with E-state index in [9.17, 15) is 4.79 Å². The summed E-state index contributed by atoms with van der Waals surface area (Å²) < 4.78 is 5.29. The summed E-state index contributed by atoms with van der Waals surface area (Å²) in [6.07, 6.45) is 1.77. The zero-order valence-electron chi connectivity index (χ0n) is 9.27. The first kappa shape index (κ1) is 11.2. The van der Waals surface area contributed by atoms with Gasteiger partial charge in [0.2, 0.25) is 0 Å². The first-order valence-corrected chi connectivity index (χ1v) is 5.42. The molecule has 0 aromatic carbocycles. The number of hydrogen-bond donors (Lipinski definition) is 2. The van der Waals surface area contributed by atoms with E-state index in [1.165, 1.54) is 0 Å². The van der Waals surface area contributed by atoms with Gasteiger partial charge >= 0.3 is 5.97 Å². The van der Waals surface area contributed by atoms with Crippen LogP contribution in [-0.2, 0) is 4.74 Å². The van der Waals surface area contributed by atoms with E-state index in [4.69, 9.17) is 9.84 Å². The van der Waals surface area contributed by atoms with Gasteiger partial charge in [-0.1, -0.05) is 0 Å². The molecular weight excluding hydrogens is 208 g/mol. The zero-order valence-corrected chi connectivity index (χ0v) is 9.27. The summed E-state index contributed by atoms with van der Waals surface area (Å²) in [5.41, 5.74) is 1.26. The maximum atomic E-state index is 10.7. The molecule has 2 heterocycles. The molecule has 0 amide bonds. The van der Waals surface area contributed by atoms with Gasteiger partial charge in [-0.2, -0.15) is 0 Å². The molecular formula is C11H16N2O3. The van der Waals surface area contributed by atoms with E-state index in [-0.39, 0.29) is 11.7 Å². The quantitative estimate of drug-likeness (QED) is 0.807. The third-order valence-electron chi connectivity index (χ3n) is 3.01. The molecule has 1 aromatic rings. The summed E-state index contributed by atoms with van der Waals surface area (Å²) in [6.45, 7) is 5.38. The number of carbonyl (C=O) groups is 1. The van der Waals surface area contributed by atoms with Gasteiger partial charge in [0.1, 0.15) is 5.69 Å². The third kappa shape index (κ3) is 2.25. The van der Waals surface area contributed by atoms with Crippen LogP contribution in [-0.4, -0.2) is 47.3 Å². The van der Waals surface area contributed by atoms with Gasteiger partial charge in [-0.15, -0.1) is 0 Å². The maximum Gasteiger partial charge on any atom is 0.352 e. The van der Waals surface area contributed by atoms with E-state index in [2.05, 4.69) is 16.8 Å². The van der Waals surface area contributed by atoms with Crippen LogP contribution in [0.1, 0.15) is 29.0 Å². The predicted molar refractivity (Wildman–Crippen MR) is 58.6 cm³/mol. The van der Waals surface area contributed by atoms with E-state index in [0.29, 0.717) is 0 Å². The number of hydrogen-bond acceptors (Lipinski definition) is 3. The van der Waals surface area contributed by atoms with Crippen molar-refractivity contribution in [1.29, 1.82) is 0 Å². The number of aromatic amines is 1. The van der Waals surface area contributed by atoms with Crippen molar-refractivity contribution in [2.45, 2.75) is 13.0 Å². The van der Waals surface area contributed by atoms with Gasteiger partial charge in [-0.25, -0.2) is 4.79 Å². The van der Waals surface area contributed by atoms with Gasteiger partial charge in [-0.3, -0.25) is 4.90 Å². The lowest BCUT2D eigenvalue weighted by atomic mass is 10.1. The molecule has 1 aliphatic heterocycles. The van der Waals surface area contributed by atoms with Crippen molar-refractivity contribution in [3.63, 3.8) is 0 Å². The highest BCUT2D eigenvalue weighted by Gasteiger charge is 2.20. The Bertz CT molecular complexity index is 369. The Balaban J connectivity index is 2.07. The molecule has 88 valence electrons. The van der Waals surface area contributed by atoms with Gasteiger partial charge in [0.25, 0.3) is 0 Å². The summed E-state index contributed by atoms with van der Waals surface area (Å²) in [7, 11) is 0. The van der Waals surface area contributed by atoms with Crippen LogP contribution in [0.15, 0.2) is 12.3 Å². The van der Waals surface area contributed by atoms with Crippen molar-refractivity contribution < 1.29 is 14.6 Å². The minimum atomic E-state index is -0.916. The van der Waals surface area contributed by atoms with Gasteiger partial charge in [0.05, 0.1) is 13.2 Å². The average molecular weight is 224 g/mol. The third-order valence-corrected chi connectivity index (χ3v) is 3.01. The second kappa shape index (κ2) is 4.67. The highest BCUT2D eigenvalue weighted by molar-refractivity contribution is 5.85. The number of aromatic nitrogens is 1. The lowest BCUT2D eigenvalue weighted by Crippen LogP contribution is -2.37. The van der Waals surface area contributed by atoms with E-state index in [1.807, 2.05) is 0 Å². The molecule has 1 fully saturated rings. The lowest BCUT2D eigenvalue weighted by molar-refractivity contribution is 0.0199. The van der Waals surface area contributed by atoms with Crippen molar-refractivity contribution in [1.82, 2.24) is 9.88 Å². The minimum Gasteiger partial charge on any atom is -0.477 e. The molecule has 0 saturated carbocycles. The lowest BCUT2D eigenvalue weighted by Gasteiger charge is -2.31. The molecule has 0 radical (unpaired) electrons. The molecule has 1 aromatic heterocycles. The topological polar surface area (TPSA) is 65.6 Å². The van der Waals surface area contributed by atoms with E-state index < -0.39 is 5.97 Å². The Morgan fingerprint density at radius 3 is 2.81 bits per heavy atom. The number of aromatic carboxylic acids is 1. The van der Waals surface area contributed by atoms with Crippen LogP contribution in [0, 0.1) is 0 Å². The number of rotatable bonds is 3. The predicted octanol–water partition coefficient (Wildman–Crippen LogP) is 1.11. The Morgan fingerprint density at radius 1 is 1.56 bits per heavy atom. The standard InChI is InChI=1S/C11H16N2O3/c1-8(13-2-4-16-5-3-13)9-6-10(11(14)15)12-7-9/h6-8,12H,2-5H2,1H3,(H,14,15). The fourth-order valence-corrected chi connectivity index (χ4v) is 1.95. The highest BCUT2D eigenvalue weighted by atomic mass is 16.5. The number of carboxylic acid groups (broad SMARTS) is 1. The Morgan fingerprint density at radius 2 is 2.25 bits per heavy atom. The van der Waals surface area contributed by atoms with Crippen LogP contribution in [0.3, 0.4) is 0 Å². The summed E-state index contributed by atoms with van der Waals surface area (Å²) in [6, 6.07) is 1.93. The van der Waals surface area contributed by atoms with Crippen LogP contribution in [0.2, 0.25) is 0 Å². The number of morpholine rings is 1. The van der Waals surface area contributed by atoms with Crippen LogP contribution in [0.5, 0.6) is 0 Å². The van der Waals surface area contributed by atoms with Crippen LogP contribution in [0.4, 0.5) is 0 Å². The first-order valence-electron chi connectivity index (χ1n) is 5.42. The molecule has 1 aliphatic rings. The number of nitrogens with zero attached hydrogens (tertiary/aromatic N) is 1. The van der Waals surface area contributed by atoms with Crippen molar-refractivity contribution in [2.24, 2.45) is 0 Å². The summed E-state index contributed by atoms with van der Waals surface area (Å²) in [5.74, 6) is -0.916. The molecule has 1 saturated heterocycles. The molecule has 1 atom stereocenters. The van der Waals surface area contributed by atoms with Crippen molar-refractivity contribution in [3.05, 3.63) is 23.5 Å². The van der Waals surface area contributed by atoms with Crippen molar-refractivity contribution >= 4 is 5.97 Å². The molecule has 2 N–H and O–H groups in total. The Labute approximate surface area is 94.0 Å². The molecule has 1 unspecified atom stereocenters. The summed E-state index contributed by atoms with van der Waals surface area (Å²) in [4.78, 5) is 15.8. The number of H-pyrrole nitrogens is 1. The number of ether oxygens (including phenoxy) is 1. The van der Waals surface area contributed by atoms with E-state index >= 15 is 0 Å². The largest absolute Gasteiger partial charge is 0.477 e.